The quantitative estimate of drug-likeness (QED) is 0.855. The lowest BCUT2D eigenvalue weighted by Crippen LogP contribution is -2.15. The summed E-state index contributed by atoms with van der Waals surface area (Å²) in [5.74, 6) is 0.322. The van der Waals surface area contributed by atoms with Crippen LogP contribution in [-0.2, 0) is 6.54 Å². The maximum atomic E-state index is 11.0. The van der Waals surface area contributed by atoms with Crippen LogP contribution in [0.4, 0.5) is 5.69 Å². The molecule has 0 aliphatic carbocycles. The molecule has 2 aromatic rings. The van der Waals surface area contributed by atoms with Crippen LogP contribution in [0, 0.1) is 0 Å². The fraction of sp³-hybridized carbons (Fsp3) is 0.188. The van der Waals surface area contributed by atoms with Gasteiger partial charge in [-0.25, -0.2) is 4.79 Å². The maximum absolute atomic E-state index is 11.0. The minimum Gasteiger partial charge on any atom is -0.486 e. The Bertz CT molecular complexity index is 777. The van der Waals surface area contributed by atoms with Gasteiger partial charge in [0.05, 0.1) is 22.8 Å². The molecule has 0 fully saturated rings. The number of carboxylic acids is 1. The Morgan fingerprint density at radius 3 is 2.70 bits per heavy atom. The number of fused-ring (bicyclic) bond motifs is 1. The average molecular weight is 333 g/mol. The summed E-state index contributed by atoms with van der Waals surface area (Å²) in [6.45, 7) is 1.43. The molecule has 7 heteroatoms. The van der Waals surface area contributed by atoms with Crippen molar-refractivity contribution in [2.24, 2.45) is 10.2 Å². The molecular formula is C16H13ClN2O4. The van der Waals surface area contributed by atoms with Gasteiger partial charge in [0, 0.05) is 0 Å². The van der Waals surface area contributed by atoms with Gasteiger partial charge in [-0.1, -0.05) is 17.7 Å². The van der Waals surface area contributed by atoms with E-state index in [1.807, 2.05) is 18.2 Å². The summed E-state index contributed by atoms with van der Waals surface area (Å²) in [5.41, 5.74) is 1.36. The van der Waals surface area contributed by atoms with E-state index in [0.717, 1.165) is 11.3 Å². The highest BCUT2D eigenvalue weighted by Gasteiger charge is 2.11. The van der Waals surface area contributed by atoms with Crippen molar-refractivity contribution in [2.75, 3.05) is 13.2 Å². The van der Waals surface area contributed by atoms with Gasteiger partial charge in [0.25, 0.3) is 0 Å². The monoisotopic (exact) mass is 332 g/mol. The Balaban J connectivity index is 1.72. The Kier molecular flexibility index (Phi) is 4.43. The molecule has 0 unspecified atom stereocenters. The predicted octanol–water partition coefficient (Wildman–Crippen LogP) is 4.09. The zero-order valence-electron chi connectivity index (χ0n) is 12.0. The van der Waals surface area contributed by atoms with E-state index in [4.69, 9.17) is 26.2 Å². The first-order chi connectivity index (χ1) is 11.1. The summed E-state index contributed by atoms with van der Waals surface area (Å²) in [6.07, 6.45) is 0. The van der Waals surface area contributed by atoms with Crippen LogP contribution in [0.5, 0.6) is 11.5 Å². The molecule has 1 heterocycles. The third-order valence-electron chi connectivity index (χ3n) is 3.23. The molecule has 23 heavy (non-hydrogen) atoms. The second-order valence-electron chi connectivity index (χ2n) is 4.85. The van der Waals surface area contributed by atoms with E-state index in [0.29, 0.717) is 31.2 Å². The van der Waals surface area contributed by atoms with Gasteiger partial charge in [-0.3, -0.25) is 0 Å². The van der Waals surface area contributed by atoms with Gasteiger partial charge in [0.1, 0.15) is 13.2 Å². The van der Waals surface area contributed by atoms with Crippen molar-refractivity contribution in [2.45, 2.75) is 6.54 Å². The van der Waals surface area contributed by atoms with Crippen LogP contribution < -0.4 is 9.47 Å². The average Bonchev–Trinajstić information content (AvgIpc) is 2.56. The second-order valence-corrected chi connectivity index (χ2v) is 5.25. The Morgan fingerprint density at radius 2 is 1.91 bits per heavy atom. The van der Waals surface area contributed by atoms with Crippen LogP contribution in [0.25, 0.3) is 0 Å². The number of azo groups is 1. The van der Waals surface area contributed by atoms with E-state index in [9.17, 15) is 4.79 Å². The topological polar surface area (TPSA) is 80.5 Å². The van der Waals surface area contributed by atoms with Crippen LogP contribution in [0.1, 0.15) is 15.9 Å². The molecule has 1 aliphatic heterocycles. The van der Waals surface area contributed by atoms with E-state index in [2.05, 4.69) is 10.2 Å². The molecule has 1 N–H and O–H groups in total. The van der Waals surface area contributed by atoms with Crippen molar-refractivity contribution in [1.29, 1.82) is 0 Å². The molecule has 1 aliphatic rings. The fourth-order valence-electron chi connectivity index (χ4n) is 2.12. The lowest BCUT2D eigenvalue weighted by molar-refractivity contribution is 0.0697. The van der Waals surface area contributed by atoms with Crippen molar-refractivity contribution in [3.63, 3.8) is 0 Å². The highest BCUT2D eigenvalue weighted by molar-refractivity contribution is 6.33. The largest absolute Gasteiger partial charge is 0.486 e. The first-order valence-corrected chi connectivity index (χ1v) is 7.30. The molecule has 0 spiro atoms. The summed E-state index contributed by atoms with van der Waals surface area (Å²) >= 11 is 5.81. The summed E-state index contributed by atoms with van der Waals surface area (Å²) in [7, 11) is 0. The SMILES string of the molecule is O=C(O)c1cc(N=NCc2ccc3c(c2)OCCO3)ccc1Cl. The minimum atomic E-state index is -1.10. The number of rotatable bonds is 4. The third-order valence-corrected chi connectivity index (χ3v) is 3.56. The fourth-order valence-corrected chi connectivity index (χ4v) is 2.32. The van der Waals surface area contributed by atoms with E-state index >= 15 is 0 Å². The number of carbonyl (C=O) groups is 1. The summed E-state index contributed by atoms with van der Waals surface area (Å²) in [5, 5.41) is 17.3. The number of hydrogen-bond donors (Lipinski definition) is 1. The van der Waals surface area contributed by atoms with Crippen LogP contribution in [0.2, 0.25) is 5.02 Å². The Labute approximate surface area is 137 Å². The molecule has 0 saturated carbocycles. The number of nitrogens with zero attached hydrogens (tertiary/aromatic N) is 2. The summed E-state index contributed by atoms with van der Waals surface area (Å²) < 4.78 is 11.0. The minimum absolute atomic E-state index is 0.00226. The zero-order valence-corrected chi connectivity index (χ0v) is 12.8. The van der Waals surface area contributed by atoms with E-state index < -0.39 is 5.97 Å². The van der Waals surface area contributed by atoms with Crippen LogP contribution >= 0.6 is 11.6 Å². The molecule has 0 aromatic heterocycles. The lowest BCUT2D eigenvalue weighted by atomic mass is 10.2. The van der Waals surface area contributed by atoms with E-state index in [1.54, 1.807) is 6.07 Å². The first-order valence-electron chi connectivity index (χ1n) is 6.92. The van der Waals surface area contributed by atoms with Crippen LogP contribution in [0.15, 0.2) is 46.6 Å². The normalized spacial score (nSPS) is 13.3. The van der Waals surface area contributed by atoms with Gasteiger partial charge in [-0.2, -0.15) is 10.2 Å². The van der Waals surface area contributed by atoms with Crippen molar-refractivity contribution in [1.82, 2.24) is 0 Å². The van der Waals surface area contributed by atoms with E-state index in [1.165, 1.54) is 12.1 Å². The Hall–Kier alpha value is -2.60. The van der Waals surface area contributed by atoms with Crippen molar-refractivity contribution >= 4 is 23.3 Å². The number of carboxylic acid groups (broad SMARTS) is 1. The predicted molar refractivity (Wildman–Crippen MR) is 84.1 cm³/mol. The number of aromatic carboxylic acids is 1. The lowest BCUT2D eigenvalue weighted by Gasteiger charge is -2.18. The standard InChI is InChI=1S/C16H13ClN2O4/c17-13-3-2-11(8-12(13)16(20)21)19-18-9-10-1-4-14-15(7-10)23-6-5-22-14/h1-4,7-8H,5-6,9H2,(H,20,21). The van der Waals surface area contributed by atoms with Gasteiger partial charge in [-0.05, 0) is 35.9 Å². The number of hydrogen-bond acceptors (Lipinski definition) is 5. The smallest absolute Gasteiger partial charge is 0.337 e. The number of benzene rings is 2. The maximum Gasteiger partial charge on any atom is 0.337 e. The Morgan fingerprint density at radius 1 is 1.13 bits per heavy atom. The first kappa shape index (κ1) is 15.3. The summed E-state index contributed by atoms with van der Waals surface area (Å²) in [6, 6.07) is 10.1. The van der Waals surface area contributed by atoms with E-state index in [-0.39, 0.29) is 10.6 Å². The molecule has 0 amide bonds. The van der Waals surface area contributed by atoms with Gasteiger partial charge >= 0.3 is 5.97 Å². The second kappa shape index (κ2) is 6.66. The molecule has 0 bridgehead atoms. The number of halogens is 1. The summed E-state index contributed by atoms with van der Waals surface area (Å²) in [4.78, 5) is 11.0. The molecule has 6 nitrogen and oxygen atoms in total. The zero-order chi connectivity index (χ0) is 16.2. The van der Waals surface area contributed by atoms with Crippen molar-refractivity contribution in [3.05, 3.63) is 52.5 Å². The van der Waals surface area contributed by atoms with Crippen molar-refractivity contribution in [3.8, 4) is 11.5 Å². The number of ether oxygens (including phenoxy) is 2. The molecule has 3 rings (SSSR count). The van der Waals surface area contributed by atoms with Gasteiger partial charge in [0.15, 0.2) is 11.5 Å². The van der Waals surface area contributed by atoms with Crippen molar-refractivity contribution < 1.29 is 19.4 Å². The molecule has 0 radical (unpaired) electrons. The molecular weight excluding hydrogens is 320 g/mol. The van der Waals surface area contributed by atoms with Crippen LogP contribution in [-0.4, -0.2) is 24.3 Å². The van der Waals surface area contributed by atoms with Gasteiger partial charge < -0.3 is 14.6 Å². The molecule has 2 aromatic carbocycles. The third kappa shape index (κ3) is 3.60. The highest BCUT2D eigenvalue weighted by Crippen LogP contribution is 2.31. The van der Waals surface area contributed by atoms with Gasteiger partial charge in [0.2, 0.25) is 0 Å². The van der Waals surface area contributed by atoms with Gasteiger partial charge in [-0.15, -0.1) is 0 Å². The molecule has 118 valence electrons. The molecule has 0 saturated heterocycles. The molecule has 0 atom stereocenters. The highest BCUT2D eigenvalue weighted by atomic mass is 35.5. The van der Waals surface area contributed by atoms with Crippen LogP contribution in [0.3, 0.4) is 0 Å².